The molecule has 0 aliphatic rings. The van der Waals surface area contributed by atoms with Crippen molar-refractivity contribution in [3.05, 3.63) is 60.9 Å². The second-order valence-corrected chi connectivity index (χ2v) is 6.07. The van der Waals surface area contributed by atoms with Gasteiger partial charge in [0.15, 0.2) is 22.8 Å². The molecule has 4 rings (SSSR count). The molecule has 0 unspecified atom stereocenters. The third kappa shape index (κ3) is 2.97. The lowest BCUT2D eigenvalue weighted by Crippen LogP contribution is -2.05. The maximum Gasteiger partial charge on any atom is 0.170 e. The summed E-state index contributed by atoms with van der Waals surface area (Å²) in [6.45, 7) is 2.94. The number of nitrogen functional groups attached to an aromatic ring is 1. The van der Waals surface area contributed by atoms with Crippen LogP contribution in [0.3, 0.4) is 0 Å². The normalized spacial score (nSPS) is 11.0. The molecule has 4 aromatic rings. The van der Waals surface area contributed by atoms with Crippen LogP contribution in [0, 0.1) is 0 Å². The van der Waals surface area contributed by atoms with Crippen molar-refractivity contribution in [1.29, 1.82) is 0 Å². The van der Waals surface area contributed by atoms with Crippen LogP contribution in [0.1, 0.15) is 13.3 Å². The van der Waals surface area contributed by atoms with E-state index in [0.29, 0.717) is 11.5 Å². The van der Waals surface area contributed by atoms with Crippen molar-refractivity contribution in [1.82, 2.24) is 19.5 Å². The highest BCUT2D eigenvalue weighted by molar-refractivity contribution is 5.86. The van der Waals surface area contributed by atoms with Gasteiger partial charge in [-0.2, -0.15) is 0 Å². The van der Waals surface area contributed by atoms with E-state index in [1.807, 2.05) is 59.2 Å². The summed E-state index contributed by atoms with van der Waals surface area (Å²) in [5, 5.41) is 3.37. The summed E-state index contributed by atoms with van der Waals surface area (Å²) in [7, 11) is 0. The second kappa shape index (κ2) is 6.84. The molecule has 6 heteroatoms. The van der Waals surface area contributed by atoms with E-state index in [9.17, 15) is 0 Å². The number of fused-ring (bicyclic) bond motifs is 1. The molecular weight excluding hydrogens is 324 g/mol. The summed E-state index contributed by atoms with van der Waals surface area (Å²) in [6, 6.07) is 17.7. The quantitative estimate of drug-likeness (QED) is 0.537. The number of imidazole rings is 1. The molecule has 0 atom stereocenters. The number of nitrogens with one attached hydrogen (secondary N) is 1. The van der Waals surface area contributed by atoms with Gasteiger partial charge in [-0.05, 0) is 30.7 Å². The van der Waals surface area contributed by atoms with Gasteiger partial charge >= 0.3 is 0 Å². The van der Waals surface area contributed by atoms with Crippen molar-refractivity contribution in [2.45, 2.75) is 13.3 Å². The standard InChI is InChI=1S/C20H20N6/c1-2-11-22-19-17-20(26(13-23-17)16-9-4-3-5-10-16)25-18(24-19)14-7-6-8-15(21)12-14/h3-10,12-13H,2,11,21H2,1H3,(H,22,24,25). The zero-order valence-electron chi connectivity index (χ0n) is 14.6. The zero-order chi connectivity index (χ0) is 17.9. The van der Waals surface area contributed by atoms with Crippen LogP contribution < -0.4 is 11.1 Å². The molecule has 0 amide bonds. The first-order valence-electron chi connectivity index (χ1n) is 8.66. The van der Waals surface area contributed by atoms with Crippen molar-refractivity contribution in [3.8, 4) is 17.1 Å². The SMILES string of the molecule is CCCNc1nc(-c2cccc(N)c2)nc2c1ncn2-c1ccccc1. The van der Waals surface area contributed by atoms with Crippen LogP contribution >= 0.6 is 0 Å². The summed E-state index contributed by atoms with van der Waals surface area (Å²) in [4.78, 5) is 14.0. The highest BCUT2D eigenvalue weighted by Gasteiger charge is 2.15. The van der Waals surface area contributed by atoms with E-state index >= 15 is 0 Å². The maximum atomic E-state index is 5.94. The fourth-order valence-corrected chi connectivity index (χ4v) is 2.85. The predicted molar refractivity (Wildman–Crippen MR) is 105 cm³/mol. The molecule has 2 heterocycles. The van der Waals surface area contributed by atoms with Crippen LogP contribution in [-0.4, -0.2) is 26.1 Å². The molecule has 0 bridgehead atoms. The number of hydrogen-bond acceptors (Lipinski definition) is 5. The van der Waals surface area contributed by atoms with Gasteiger partial charge in [-0.25, -0.2) is 15.0 Å². The number of aromatic nitrogens is 4. The predicted octanol–water partition coefficient (Wildman–Crippen LogP) is 3.89. The molecule has 6 nitrogen and oxygen atoms in total. The molecule has 130 valence electrons. The van der Waals surface area contributed by atoms with Crippen LogP contribution in [0.25, 0.3) is 28.2 Å². The molecule has 26 heavy (non-hydrogen) atoms. The number of nitrogens with two attached hydrogens (primary N) is 1. The summed E-state index contributed by atoms with van der Waals surface area (Å²) in [5.41, 5.74) is 10.0. The first-order valence-corrected chi connectivity index (χ1v) is 8.66. The minimum absolute atomic E-state index is 0.626. The van der Waals surface area contributed by atoms with Crippen molar-refractivity contribution in [2.24, 2.45) is 0 Å². The molecule has 0 aliphatic heterocycles. The molecule has 0 spiro atoms. The van der Waals surface area contributed by atoms with Crippen LogP contribution in [-0.2, 0) is 0 Å². The van der Waals surface area contributed by atoms with Gasteiger partial charge in [-0.15, -0.1) is 0 Å². The molecule has 2 aromatic heterocycles. The number of para-hydroxylation sites is 1. The number of rotatable bonds is 5. The summed E-state index contributed by atoms with van der Waals surface area (Å²) >= 11 is 0. The van der Waals surface area contributed by atoms with Gasteiger partial charge in [0.25, 0.3) is 0 Å². The van der Waals surface area contributed by atoms with E-state index < -0.39 is 0 Å². The van der Waals surface area contributed by atoms with Crippen molar-refractivity contribution in [3.63, 3.8) is 0 Å². The third-order valence-electron chi connectivity index (χ3n) is 4.12. The minimum Gasteiger partial charge on any atom is -0.399 e. The number of anilines is 2. The molecular formula is C20H20N6. The number of benzene rings is 2. The smallest absolute Gasteiger partial charge is 0.170 e. The van der Waals surface area contributed by atoms with E-state index in [1.54, 1.807) is 6.33 Å². The highest BCUT2D eigenvalue weighted by atomic mass is 15.2. The van der Waals surface area contributed by atoms with Gasteiger partial charge < -0.3 is 11.1 Å². The summed E-state index contributed by atoms with van der Waals surface area (Å²) in [5.74, 6) is 1.37. The Balaban J connectivity index is 1.93. The van der Waals surface area contributed by atoms with Crippen molar-refractivity contribution in [2.75, 3.05) is 17.6 Å². The van der Waals surface area contributed by atoms with Crippen molar-refractivity contribution >= 4 is 22.7 Å². The zero-order valence-corrected chi connectivity index (χ0v) is 14.6. The Morgan fingerprint density at radius 2 is 1.88 bits per heavy atom. The van der Waals surface area contributed by atoms with Crippen LogP contribution in [0.15, 0.2) is 60.9 Å². The van der Waals surface area contributed by atoms with E-state index in [-0.39, 0.29) is 0 Å². The largest absolute Gasteiger partial charge is 0.399 e. The van der Waals surface area contributed by atoms with E-state index in [0.717, 1.165) is 41.2 Å². The van der Waals surface area contributed by atoms with E-state index in [4.69, 9.17) is 15.7 Å². The topological polar surface area (TPSA) is 81.7 Å². The van der Waals surface area contributed by atoms with Crippen LogP contribution in [0.4, 0.5) is 11.5 Å². The molecule has 0 fully saturated rings. The van der Waals surface area contributed by atoms with Crippen LogP contribution in [0.5, 0.6) is 0 Å². The average molecular weight is 344 g/mol. The minimum atomic E-state index is 0.626. The Labute approximate surface area is 151 Å². The Hall–Kier alpha value is -3.41. The highest BCUT2D eigenvalue weighted by Crippen LogP contribution is 2.26. The lowest BCUT2D eigenvalue weighted by atomic mass is 10.2. The fourth-order valence-electron chi connectivity index (χ4n) is 2.85. The maximum absolute atomic E-state index is 5.94. The van der Waals surface area contributed by atoms with Gasteiger partial charge in [-0.3, -0.25) is 4.57 Å². The first kappa shape index (κ1) is 16.1. The molecule has 2 aromatic carbocycles. The van der Waals surface area contributed by atoms with Gasteiger partial charge in [-0.1, -0.05) is 37.3 Å². The van der Waals surface area contributed by atoms with E-state index in [1.165, 1.54) is 0 Å². The van der Waals surface area contributed by atoms with Gasteiger partial charge in [0, 0.05) is 23.5 Å². The lowest BCUT2D eigenvalue weighted by molar-refractivity contribution is 0.969. The second-order valence-electron chi connectivity index (χ2n) is 6.07. The lowest BCUT2D eigenvalue weighted by Gasteiger charge is -2.09. The third-order valence-corrected chi connectivity index (χ3v) is 4.12. The Kier molecular flexibility index (Phi) is 4.23. The Morgan fingerprint density at radius 3 is 2.65 bits per heavy atom. The molecule has 0 radical (unpaired) electrons. The van der Waals surface area contributed by atoms with E-state index in [2.05, 4.69) is 17.2 Å². The van der Waals surface area contributed by atoms with Crippen LogP contribution in [0.2, 0.25) is 0 Å². The van der Waals surface area contributed by atoms with Gasteiger partial charge in [0.05, 0.1) is 0 Å². The fraction of sp³-hybridized carbons (Fsp3) is 0.150. The van der Waals surface area contributed by atoms with Gasteiger partial charge in [0.2, 0.25) is 0 Å². The average Bonchev–Trinajstić information content (AvgIpc) is 3.11. The Bertz CT molecular complexity index is 1040. The number of nitrogens with zero attached hydrogens (tertiary/aromatic N) is 4. The summed E-state index contributed by atoms with van der Waals surface area (Å²) < 4.78 is 1.98. The summed E-state index contributed by atoms with van der Waals surface area (Å²) in [6.07, 6.45) is 2.79. The first-order chi connectivity index (χ1) is 12.8. The number of hydrogen-bond donors (Lipinski definition) is 2. The molecule has 3 N–H and O–H groups in total. The molecule has 0 aliphatic carbocycles. The Morgan fingerprint density at radius 1 is 1.04 bits per heavy atom. The molecule has 0 saturated heterocycles. The van der Waals surface area contributed by atoms with Crippen molar-refractivity contribution < 1.29 is 0 Å². The monoisotopic (exact) mass is 344 g/mol. The molecule has 0 saturated carbocycles. The van der Waals surface area contributed by atoms with Gasteiger partial charge in [0.1, 0.15) is 6.33 Å².